The molecule has 0 radical (unpaired) electrons. The van der Waals surface area contributed by atoms with E-state index in [-0.39, 0.29) is 25.0 Å². The second kappa shape index (κ2) is 4.01. The van der Waals surface area contributed by atoms with Gasteiger partial charge in [0.25, 0.3) is 0 Å². The fourth-order valence-corrected chi connectivity index (χ4v) is 2.42. The lowest BCUT2D eigenvalue weighted by Crippen LogP contribution is -2.12. The number of carboxylic acids is 1. The molecular formula is C13H12O5. The van der Waals surface area contributed by atoms with Crippen molar-refractivity contribution in [2.24, 2.45) is 5.92 Å². The molecule has 1 fully saturated rings. The normalized spacial score (nSPS) is 23.8. The summed E-state index contributed by atoms with van der Waals surface area (Å²) >= 11 is 0. The first-order chi connectivity index (χ1) is 8.66. The predicted octanol–water partition coefficient (Wildman–Crippen LogP) is 1.56. The lowest BCUT2D eigenvalue weighted by atomic mass is 10.1. The SMILES string of the molecule is O=C(O)C(=O)CC1CC1c1cccc2c1OCO2. The molecule has 1 aliphatic carbocycles. The van der Waals surface area contributed by atoms with Gasteiger partial charge in [0.2, 0.25) is 12.6 Å². The highest BCUT2D eigenvalue weighted by molar-refractivity contribution is 6.32. The summed E-state index contributed by atoms with van der Waals surface area (Å²) in [6.07, 6.45) is 0.934. The Balaban J connectivity index is 1.73. The number of aliphatic carboxylic acids is 1. The van der Waals surface area contributed by atoms with Crippen molar-refractivity contribution in [3.05, 3.63) is 23.8 Å². The van der Waals surface area contributed by atoms with Gasteiger partial charge in [0, 0.05) is 12.0 Å². The minimum absolute atomic E-state index is 0.102. The molecule has 1 saturated carbocycles. The van der Waals surface area contributed by atoms with Gasteiger partial charge >= 0.3 is 5.97 Å². The number of Topliss-reactive ketones (excluding diaryl/α,β-unsaturated/α-hetero) is 1. The molecule has 1 N–H and O–H groups in total. The Hall–Kier alpha value is -2.04. The fourth-order valence-electron chi connectivity index (χ4n) is 2.42. The van der Waals surface area contributed by atoms with Crippen LogP contribution in [-0.2, 0) is 9.59 Å². The summed E-state index contributed by atoms with van der Waals surface area (Å²) in [7, 11) is 0. The number of hydrogen-bond acceptors (Lipinski definition) is 4. The molecule has 5 heteroatoms. The summed E-state index contributed by atoms with van der Waals surface area (Å²) in [5.41, 5.74) is 1.02. The molecule has 2 atom stereocenters. The van der Waals surface area contributed by atoms with Crippen molar-refractivity contribution in [3.8, 4) is 11.5 Å². The Bertz CT molecular complexity index is 522. The van der Waals surface area contributed by atoms with Crippen LogP contribution in [0, 0.1) is 5.92 Å². The third-order valence-corrected chi connectivity index (χ3v) is 3.44. The maximum atomic E-state index is 11.1. The number of para-hydroxylation sites is 1. The molecular weight excluding hydrogens is 236 g/mol. The van der Waals surface area contributed by atoms with Crippen LogP contribution in [0.15, 0.2) is 18.2 Å². The quantitative estimate of drug-likeness (QED) is 0.818. The Morgan fingerprint density at radius 2 is 2.17 bits per heavy atom. The molecule has 0 amide bonds. The number of carbonyl (C=O) groups is 2. The van der Waals surface area contributed by atoms with E-state index in [1.165, 1.54) is 0 Å². The minimum atomic E-state index is -1.35. The van der Waals surface area contributed by atoms with Crippen LogP contribution < -0.4 is 9.47 Å². The number of rotatable bonds is 4. The smallest absolute Gasteiger partial charge is 0.372 e. The van der Waals surface area contributed by atoms with E-state index < -0.39 is 11.8 Å². The molecule has 5 nitrogen and oxygen atoms in total. The van der Waals surface area contributed by atoms with E-state index in [1.54, 1.807) is 0 Å². The standard InChI is InChI=1S/C13H12O5/c14-10(13(15)16)5-7-4-9(7)8-2-1-3-11-12(8)18-6-17-11/h1-3,7,9H,4-6H2,(H,15,16). The lowest BCUT2D eigenvalue weighted by molar-refractivity contribution is -0.149. The Kier molecular flexibility index (Phi) is 2.47. The number of ether oxygens (including phenoxy) is 2. The number of benzene rings is 1. The first kappa shape index (κ1) is 11.1. The molecule has 1 heterocycles. The summed E-state index contributed by atoms with van der Waals surface area (Å²) in [6.45, 7) is 0.220. The molecule has 18 heavy (non-hydrogen) atoms. The van der Waals surface area contributed by atoms with Gasteiger partial charge in [0.1, 0.15) is 0 Å². The molecule has 1 aliphatic heterocycles. The lowest BCUT2D eigenvalue weighted by Gasteiger charge is -2.04. The van der Waals surface area contributed by atoms with E-state index >= 15 is 0 Å². The number of carboxylic acid groups (broad SMARTS) is 1. The second-order valence-electron chi connectivity index (χ2n) is 4.62. The third-order valence-electron chi connectivity index (χ3n) is 3.44. The number of hydrogen-bond donors (Lipinski definition) is 1. The van der Waals surface area contributed by atoms with Crippen molar-refractivity contribution in [2.75, 3.05) is 6.79 Å². The summed E-state index contributed by atoms with van der Waals surface area (Å²) in [5.74, 6) is -0.268. The van der Waals surface area contributed by atoms with E-state index in [1.807, 2.05) is 18.2 Å². The minimum Gasteiger partial charge on any atom is -0.476 e. The molecule has 3 rings (SSSR count). The fraction of sp³-hybridized carbons (Fsp3) is 0.385. The molecule has 0 spiro atoms. The average Bonchev–Trinajstić information content (AvgIpc) is 2.93. The van der Waals surface area contributed by atoms with E-state index in [0.29, 0.717) is 0 Å². The van der Waals surface area contributed by atoms with Gasteiger partial charge in [-0.25, -0.2) is 4.79 Å². The van der Waals surface area contributed by atoms with Gasteiger partial charge in [-0.05, 0) is 24.3 Å². The van der Waals surface area contributed by atoms with E-state index in [4.69, 9.17) is 14.6 Å². The molecule has 0 bridgehead atoms. The molecule has 2 unspecified atom stereocenters. The highest BCUT2D eigenvalue weighted by Crippen LogP contribution is 2.54. The van der Waals surface area contributed by atoms with E-state index in [9.17, 15) is 9.59 Å². The van der Waals surface area contributed by atoms with Gasteiger partial charge in [-0.1, -0.05) is 12.1 Å². The van der Waals surface area contributed by atoms with Gasteiger partial charge in [0.05, 0.1) is 0 Å². The van der Waals surface area contributed by atoms with Crippen molar-refractivity contribution in [1.82, 2.24) is 0 Å². The average molecular weight is 248 g/mol. The zero-order valence-corrected chi connectivity index (χ0v) is 9.59. The highest BCUT2D eigenvalue weighted by atomic mass is 16.7. The molecule has 2 aliphatic rings. The zero-order chi connectivity index (χ0) is 12.7. The first-order valence-electron chi connectivity index (χ1n) is 5.81. The third kappa shape index (κ3) is 1.81. The molecule has 1 aromatic rings. The van der Waals surface area contributed by atoms with Gasteiger partial charge in [-0.15, -0.1) is 0 Å². The van der Waals surface area contributed by atoms with E-state index in [0.717, 1.165) is 23.5 Å². The Morgan fingerprint density at radius 3 is 2.94 bits per heavy atom. The van der Waals surface area contributed by atoms with Crippen molar-refractivity contribution in [1.29, 1.82) is 0 Å². The Labute approximate surface area is 103 Å². The topological polar surface area (TPSA) is 72.8 Å². The maximum Gasteiger partial charge on any atom is 0.372 e. The zero-order valence-electron chi connectivity index (χ0n) is 9.59. The van der Waals surface area contributed by atoms with E-state index in [2.05, 4.69) is 0 Å². The van der Waals surface area contributed by atoms with Crippen LogP contribution in [0.3, 0.4) is 0 Å². The molecule has 94 valence electrons. The number of ketones is 1. The molecule has 0 aromatic heterocycles. The monoisotopic (exact) mass is 248 g/mol. The van der Waals surface area contributed by atoms with Gasteiger partial charge in [0.15, 0.2) is 11.5 Å². The van der Waals surface area contributed by atoms with Crippen molar-refractivity contribution < 1.29 is 24.2 Å². The number of carbonyl (C=O) groups excluding carboxylic acids is 1. The van der Waals surface area contributed by atoms with Gasteiger partial charge in [-0.2, -0.15) is 0 Å². The van der Waals surface area contributed by atoms with Crippen molar-refractivity contribution in [3.63, 3.8) is 0 Å². The first-order valence-corrected chi connectivity index (χ1v) is 5.81. The van der Waals surface area contributed by atoms with Crippen LogP contribution in [0.2, 0.25) is 0 Å². The maximum absolute atomic E-state index is 11.1. The summed E-state index contributed by atoms with van der Waals surface area (Å²) < 4.78 is 10.7. The Morgan fingerprint density at radius 1 is 1.33 bits per heavy atom. The summed E-state index contributed by atoms with van der Waals surface area (Å²) in [6, 6.07) is 5.67. The van der Waals surface area contributed by atoms with Gasteiger partial charge in [-0.3, -0.25) is 4.79 Å². The summed E-state index contributed by atoms with van der Waals surface area (Å²) in [5, 5.41) is 8.58. The van der Waals surface area contributed by atoms with Crippen LogP contribution >= 0.6 is 0 Å². The van der Waals surface area contributed by atoms with Crippen LogP contribution in [0.25, 0.3) is 0 Å². The molecule has 0 saturated heterocycles. The van der Waals surface area contributed by atoms with Crippen LogP contribution in [0.1, 0.15) is 24.3 Å². The van der Waals surface area contributed by atoms with Crippen LogP contribution in [0.4, 0.5) is 0 Å². The number of fused-ring (bicyclic) bond motifs is 1. The predicted molar refractivity (Wildman–Crippen MR) is 60.7 cm³/mol. The van der Waals surface area contributed by atoms with Gasteiger partial charge < -0.3 is 14.6 Å². The van der Waals surface area contributed by atoms with Crippen molar-refractivity contribution in [2.45, 2.75) is 18.8 Å². The van der Waals surface area contributed by atoms with Crippen LogP contribution in [0.5, 0.6) is 11.5 Å². The largest absolute Gasteiger partial charge is 0.476 e. The van der Waals surface area contributed by atoms with Crippen LogP contribution in [-0.4, -0.2) is 23.7 Å². The molecule has 1 aromatic carbocycles. The second-order valence-corrected chi connectivity index (χ2v) is 4.62. The highest BCUT2D eigenvalue weighted by Gasteiger charge is 2.43. The van der Waals surface area contributed by atoms with Crippen molar-refractivity contribution >= 4 is 11.8 Å². The summed E-state index contributed by atoms with van der Waals surface area (Å²) in [4.78, 5) is 21.6.